The highest BCUT2D eigenvalue weighted by molar-refractivity contribution is 7.81. The van der Waals surface area contributed by atoms with Crippen LogP contribution in [0.3, 0.4) is 0 Å². The Balaban J connectivity index is 1.41. The third-order valence-electron chi connectivity index (χ3n) is 5.43. The number of carbonyl (C=O) groups excluding carboxylic acids is 1. The summed E-state index contributed by atoms with van der Waals surface area (Å²) >= 11 is 11.7. The SMILES string of the molecule is Cc1cc2[nH]c(C3=CCC(=S)C(C(=O)NCCCN4CCOCC4)=C3)nc2cc1Cl. The van der Waals surface area contributed by atoms with E-state index >= 15 is 0 Å². The molecule has 0 bridgehead atoms. The number of morpholine rings is 1. The minimum atomic E-state index is -0.123. The summed E-state index contributed by atoms with van der Waals surface area (Å²) in [5.41, 5.74) is 4.13. The summed E-state index contributed by atoms with van der Waals surface area (Å²) in [6, 6.07) is 3.83. The first kappa shape index (κ1) is 21.2. The van der Waals surface area contributed by atoms with Gasteiger partial charge in [-0.15, -0.1) is 0 Å². The van der Waals surface area contributed by atoms with Crippen LogP contribution in [0, 0.1) is 6.92 Å². The minimum Gasteiger partial charge on any atom is -0.379 e. The van der Waals surface area contributed by atoms with Gasteiger partial charge in [-0.25, -0.2) is 4.98 Å². The number of halogens is 1. The number of imidazole rings is 1. The highest BCUT2D eigenvalue weighted by atomic mass is 35.5. The predicted molar refractivity (Wildman–Crippen MR) is 124 cm³/mol. The molecule has 1 aromatic heterocycles. The third kappa shape index (κ3) is 4.81. The summed E-state index contributed by atoms with van der Waals surface area (Å²) in [4.78, 5) is 23.7. The van der Waals surface area contributed by atoms with Crippen molar-refractivity contribution in [2.24, 2.45) is 0 Å². The van der Waals surface area contributed by atoms with Crippen LogP contribution in [0.25, 0.3) is 16.6 Å². The number of benzene rings is 1. The van der Waals surface area contributed by atoms with Gasteiger partial charge in [0.2, 0.25) is 0 Å². The molecule has 4 rings (SSSR count). The smallest absolute Gasteiger partial charge is 0.252 e. The Morgan fingerprint density at radius 3 is 2.97 bits per heavy atom. The second-order valence-corrected chi connectivity index (χ2v) is 8.51. The molecule has 1 aliphatic heterocycles. The maximum atomic E-state index is 12.7. The van der Waals surface area contributed by atoms with E-state index in [0.29, 0.717) is 34.3 Å². The van der Waals surface area contributed by atoms with E-state index in [4.69, 9.17) is 28.6 Å². The van der Waals surface area contributed by atoms with E-state index in [9.17, 15) is 4.79 Å². The minimum absolute atomic E-state index is 0.123. The van der Waals surface area contributed by atoms with E-state index in [1.807, 2.05) is 31.2 Å². The maximum Gasteiger partial charge on any atom is 0.252 e. The van der Waals surface area contributed by atoms with Gasteiger partial charge in [-0.05, 0) is 43.7 Å². The molecule has 1 amide bonds. The van der Waals surface area contributed by atoms with Crippen LogP contribution in [0.4, 0.5) is 0 Å². The van der Waals surface area contributed by atoms with Crippen LogP contribution in [0.5, 0.6) is 0 Å². The molecule has 2 aromatic rings. The number of thiocarbonyl (C=S) groups is 1. The number of carbonyl (C=O) groups is 1. The van der Waals surface area contributed by atoms with Gasteiger partial charge in [0.1, 0.15) is 5.82 Å². The number of amides is 1. The molecule has 1 saturated heterocycles. The van der Waals surface area contributed by atoms with Crippen LogP contribution < -0.4 is 5.32 Å². The average molecular weight is 445 g/mol. The van der Waals surface area contributed by atoms with Crippen molar-refractivity contribution in [2.45, 2.75) is 19.8 Å². The molecule has 1 fully saturated rings. The molecular formula is C22H25ClN4O2S. The molecule has 6 nitrogen and oxygen atoms in total. The molecule has 2 N–H and O–H groups in total. The number of ether oxygens (including phenoxy) is 1. The Labute approximate surface area is 186 Å². The molecule has 0 saturated carbocycles. The number of aromatic nitrogens is 2. The Morgan fingerprint density at radius 2 is 2.17 bits per heavy atom. The summed E-state index contributed by atoms with van der Waals surface area (Å²) in [5.74, 6) is 0.592. The molecule has 158 valence electrons. The van der Waals surface area contributed by atoms with Gasteiger partial charge in [0.15, 0.2) is 0 Å². The van der Waals surface area contributed by atoms with Crippen molar-refractivity contribution in [3.05, 3.63) is 46.3 Å². The molecule has 0 radical (unpaired) electrons. The van der Waals surface area contributed by atoms with Gasteiger partial charge in [-0.3, -0.25) is 9.69 Å². The quantitative estimate of drug-likeness (QED) is 0.527. The van der Waals surface area contributed by atoms with Gasteiger partial charge in [0, 0.05) is 41.5 Å². The molecular weight excluding hydrogens is 420 g/mol. The van der Waals surface area contributed by atoms with Gasteiger partial charge in [0.25, 0.3) is 5.91 Å². The zero-order chi connectivity index (χ0) is 21.1. The molecule has 1 aromatic carbocycles. The lowest BCUT2D eigenvalue weighted by atomic mass is 9.98. The zero-order valence-electron chi connectivity index (χ0n) is 17.0. The number of allylic oxidation sites excluding steroid dienone is 3. The van der Waals surface area contributed by atoms with Crippen molar-refractivity contribution in [1.29, 1.82) is 0 Å². The lowest BCUT2D eigenvalue weighted by molar-refractivity contribution is -0.117. The number of rotatable bonds is 6. The number of hydrogen-bond donors (Lipinski definition) is 2. The molecule has 2 heterocycles. The van der Waals surface area contributed by atoms with Gasteiger partial charge in [-0.1, -0.05) is 29.9 Å². The Bertz CT molecular complexity index is 998. The van der Waals surface area contributed by atoms with E-state index in [2.05, 4.69) is 20.2 Å². The molecule has 1 aliphatic carbocycles. The monoisotopic (exact) mass is 444 g/mol. The summed E-state index contributed by atoms with van der Waals surface area (Å²) in [6.07, 6.45) is 5.28. The Kier molecular flexibility index (Phi) is 6.63. The van der Waals surface area contributed by atoms with Gasteiger partial charge in [-0.2, -0.15) is 0 Å². The van der Waals surface area contributed by atoms with Crippen molar-refractivity contribution in [3.8, 4) is 0 Å². The average Bonchev–Trinajstić information content (AvgIpc) is 3.15. The van der Waals surface area contributed by atoms with Crippen LogP contribution in [0.15, 0.2) is 29.9 Å². The first-order valence-electron chi connectivity index (χ1n) is 10.2. The fraction of sp³-hybridized carbons (Fsp3) is 0.409. The number of aromatic amines is 1. The van der Waals surface area contributed by atoms with Crippen LogP contribution in [0.1, 0.15) is 24.2 Å². The van der Waals surface area contributed by atoms with Crippen molar-refractivity contribution in [2.75, 3.05) is 39.4 Å². The van der Waals surface area contributed by atoms with Crippen LogP contribution in [0.2, 0.25) is 5.02 Å². The van der Waals surface area contributed by atoms with Gasteiger partial charge in [0.05, 0.1) is 29.8 Å². The van der Waals surface area contributed by atoms with Crippen LogP contribution in [-0.4, -0.2) is 65.0 Å². The van der Waals surface area contributed by atoms with E-state index in [1.54, 1.807) is 0 Å². The highest BCUT2D eigenvalue weighted by Crippen LogP contribution is 2.27. The number of H-pyrrole nitrogens is 1. The Hall–Kier alpha value is -2.06. The Morgan fingerprint density at radius 1 is 1.37 bits per heavy atom. The zero-order valence-corrected chi connectivity index (χ0v) is 18.5. The lowest BCUT2D eigenvalue weighted by Crippen LogP contribution is -2.38. The van der Waals surface area contributed by atoms with Crippen molar-refractivity contribution in [3.63, 3.8) is 0 Å². The lowest BCUT2D eigenvalue weighted by Gasteiger charge is -2.26. The molecule has 0 spiro atoms. The molecule has 8 heteroatoms. The van der Waals surface area contributed by atoms with E-state index in [-0.39, 0.29) is 5.91 Å². The second-order valence-electron chi connectivity index (χ2n) is 7.61. The first-order chi connectivity index (χ1) is 14.5. The number of nitrogens with zero attached hydrogens (tertiary/aromatic N) is 2. The highest BCUT2D eigenvalue weighted by Gasteiger charge is 2.20. The second kappa shape index (κ2) is 9.39. The number of hydrogen-bond acceptors (Lipinski definition) is 5. The van der Waals surface area contributed by atoms with Crippen molar-refractivity contribution in [1.82, 2.24) is 20.2 Å². The number of aryl methyl sites for hydroxylation is 1. The van der Waals surface area contributed by atoms with E-state index in [0.717, 1.165) is 61.4 Å². The normalized spacial score (nSPS) is 17.7. The largest absolute Gasteiger partial charge is 0.379 e. The standard InChI is InChI=1S/C22H25ClN4O2S/c1-14-11-18-19(13-17(14)23)26-21(25-18)15-3-4-20(30)16(12-15)22(28)24-5-2-6-27-7-9-29-10-8-27/h3,11-13H,2,4-10H2,1H3,(H,24,28)(H,25,26). The predicted octanol–water partition coefficient (Wildman–Crippen LogP) is 3.45. The first-order valence-corrected chi connectivity index (χ1v) is 11.0. The molecule has 30 heavy (non-hydrogen) atoms. The summed E-state index contributed by atoms with van der Waals surface area (Å²) < 4.78 is 5.36. The third-order valence-corrected chi connectivity index (χ3v) is 6.22. The van der Waals surface area contributed by atoms with E-state index in [1.165, 1.54) is 0 Å². The van der Waals surface area contributed by atoms with Gasteiger partial charge >= 0.3 is 0 Å². The molecule has 0 unspecified atom stereocenters. The summed E-state index contributed by atoms with van der Waals surface area (Å²) in [5, 5.41) is 3.70. The van der Waals surface area contributed by atoms with Crippen LogP contribution in [-0.2, 0) is 9.53 Å². The fourth-order valence-electron chi connectivity index (χ4n) is 3.67. The van der Waals surface area contributed by atoms with Crippen molar-refractivity contribution < 1.29 is 9.53 Å². The summed E-state index contributed by atoms with van der Waals surface area (Å²) in [6.45, 7) is 7.03. The van der Waals surface area contributed by atoms with Crippen LogP contribution >= 0.6 is 23.8 Å². The van der Waals surface area contributed by atoms with E-state index < -0.39 is 0 Å². The number of nitrogens with one attached hydrogen (secondary N) is 2. The summed E-state index contributed by atoms with van der Waals surface area (Å²) in [7, 11) is 0. The fourth-order valence-corrected chi connectivity index (χ4v) is 4.06. The molecule has 2 aliphatic rings. The number of fused-ring (bicyclic) bond motifs is 1. The topological polar surface area (TPSA) is 70.2 Å². The molecule has 0 atom stereocenters. The van der Waals surface area contributed by atoms with Gasteiger partial charge < -0.3 is 15.0 Å². The van der Waals surface area contributed by atoms with Crippen molar-refractivity contribution >= 4 is 51.2 Å². The maximum absolute atomic E-state index is 12.7.